The number of benzene rings is 1. The highest BCUT2D eigenvalue weighted by Gasteiger charge is 2.16. The standard InChI is InChI=1S/C16H18BrClN2O/c1-4-11-7-12(17)5-6-14(11)19-16(21)15-8-13(18)9-20(15)10(2)3/h5-10H,4H2,1-3H3,(H,19,21). The van der Waals surface area contributed by atoms with Gasteiger partial charge < -0.3 is 9.88 Å². The Morgan fingerprint density at radius 3 is 2.71 bits per heavy atom. The van der Waals surface area contributed by atoms with Crippen LogP contribution in [0.2, 0.25) is 5.02 Å². The first kappa shape index (κ1) is 16.1. The number of hydrogen-bond acceptors (Lipinski definition) is 1. The Kier molecular flexibility index (Phi) is 5.12. The third kappa shape index (κ3) is 3.69. The van der Waals surface area contributed by atoms with Gasteiger partial charge in [-0.2, -0.15) is 0 Å². The van der Waals surface area contributed by atoms with Gasteiger partial charge in [0.1, 0.15) is 5.69 Å². The molecule has 5 heteroatoms. The normalized spacial score (nSPS) is 11.0. The van der Waals surface area contributed by atoms with E-state index in [1.165, 1.54) is 0 Å². The molecule has 0 radical (unpaired) electrons. The van der Waals surface area contributed by atoms with Gasteiger partial charge >= 0.3 is 0 Å². The number of carbonyl (C=O) groups is 1. The van der Waals surface area contributed by atoms with Crippen molar-refractivity contribution >= 4 is 39.1 Å². The summed E-state index contributed by atoms with van der Waals surface area (Å²) in [5, 5.41) is 3.54. The van der Waals surface area contributed by atoms with Gasteiger partial charge in [-0.05, 0) is 50.1 Å². The number of aromatic nitrogens is 1. The van der Waals surface area contributed by atoms with Crippen LogP contribution in [0.1, 0.15) is 42.9 Å². The van der Waals surface area contributed by atoms with Gasteiger partial charge in [-0.3, -0.25) is 4.79 Å². The number of amides is 1. The van der Waals surface area contributed by atoms with E-state index in [9.17, 15) is 4.79 Å². The van der Waals surface area contributed by atoms with Crippen LogP contribution in [-0.4, -0.2) is 10.5 Å². The largest absolute Gasteiger partial charge is 0.339 e. The summed E-state index contributed by atoms with van der Waals surface area (Å²) in [5.41, 5.74) is 2.49. The van der Waals surface area contributed by atoms with E-state index in [1.54, 1.807) is 12.3 Å². The van der Waals surface area contributed by atoms with Gasteiger partial charge in [0, 0.05) is 22.4 Å². The van der Waals surface area contributed by atoms with Crippen LogP contribution >= 0.6 is 27.5 Å². The molecule has 1 aromatic carbocycles. The highest BCUT2D eigenvalue weighted by Crippen LogP contribution is 2.24. The van der Waals surface area contributed by atoms with Gasteiger partial charge in [0.25, 0.3) is 5.91 Å². The van der Waals surface area contributed by atoms with Gasteiger partial charge in [0.05, 0.1) is 5.02 Å². The number of nitrogens with one attached hydrogen (secondary N) is 1. The van der Waals surface area contributed by atoms with Crippen LogP contribution < -0.4 is 5.32 Å². The van der Waals surface area contributed by atoms with Gasteiger partial charge in [0.15, 0.2) is 0 Å². The first-order valence-corrected chi connectivity index (χ1v) is 8.06. The molecule has 0 saturated carbocycles. The Balaban J connectivity index is 2.30. The van der Waals surface area contributed by atoms with Crippen molar-refractivity contribution in [2.24, 2.45) is 0 Å². The summed E-state index contributed by atoms with van der Waals surface area (Å²) in [7, 11) is 0. The molecule has 1 amide bonds. The molecule has 0 spiro atoms. The molecule has 0 aliphatic carbocycles. The van der Waals surface area contributed by atoms with Gasteiger partial charge in [-0.25, -0.2) is 0 Å². The minimum Gasteiger partial charge on any atom is -0.339 e. The summed E-state index contributed by atoms with van der Waals surface area (Å²) in [4.78, 5) is 12.5. The predicted octanol–water partition coefficient (Wildman–Crippen LogP) is 5.30. The van der Waals surface area contributed by atoms with E-state index in [0.717, 1.165) is 22.1 Å². The molecule has 2 rings (SSSR count). The summed E-state index contributed by atoms with van der Waals surface area (Å²) in [6, 6.07) is 7.72. The van der Waals surface area contributed by atoms with Gasteiger partial charge in [0.2, 0.25) is 0 Å². The number of nitrogens with zero attached hydrogens (tertiary/aromatic N) is 1. The second kappa shape index (κ2) is 6.67. The van der Waals surface area contributed by atoms with Gasteiger partial charge in [-0.1, -0.05) is 34.5 Å². The van der Waals surface area contributed by atoms with Crippen LogP contribution in [0.25, 0.3) is 0 Å². The summed E-state index contributed by atoms with van der Waals surface area (Å²) in [6.07, 6.45) is 2.63. The molecule has 1 aromatic heterocycles. The first-order valence-electron chi connectivity index (χ1n) is 6.89. The number of hydrogen-bond donors (Lipinski definition) is 1. The molecule has 0 unspecified atom stereocenters. The van der Waals surface area contributed by atoms with E-state index >= 15 is 0 Å². The fraction of sp³-hybridized carbons (Fsp3) is 0.312. The zero-order valence-corrected chi connectivity index (χ0v) is 14.6. The number of rotatable bonds is 4. The van der Waals surface area contributed by atoms with E-state index in [1.807, 2.05) is 36.6 Å². The summed E-state index contributed by atoms with van der Waals surface area (Å²) in [5.74, 6) is -0.146. The second-order valence-electron chi connectivity index (χ2n) is 5.15. The van der Waals surface area contributed by atoms with E-state index < -0.39 is 0 Å². The third-order valence-electron chi connectivity index (χ3n) is 3.30. The van der Waals surface area contributed by atoms with Crippen molar-refractivity contribution < 1.29 is 4.79 Å². The lowest BCUT2D eigenvalue weighted by Gasteiger charge is -2.14. The molecule has 0 aliphatic rings. The Bertz CT molecular complexity index is 664. The van der Waals surface area contributed by atoms with E-state index in [-0.39, 0.29) is 11.9 Å². The lowest BCUT2D eigenvalue weighted by atomic mass is 10.1. The third-order valence-corrected chi connectivity index (χ3v) is 4.00. The number of aryl methyl sites for hydroxylation is 1. The molecule has 0 fully saturated rings. The van der Waals surface area contributed by atoms with Crippen molar-refractivity contribution in [1.29, 1.82) is 0 Å². The van der Waals surface area contributed by atoms with E-state index in [2.05, 4.69) is 28.2 Å². The molecule has 0 aliphatic heterocycles. The Labute approximate surface area is 138 Å². The lowest BCUT2D eigenvalue weighted by molar-refractivity contribution is 0.101. The van der Waals surface area contributed by atoms with Crippen LogP contribution in [0.4, 0.5) is 5.69 Å². The van der Waals surface area contributed by atoms with Crippen molar-refractivity contribution in [2.45, 2.75) is 33.2 Å². The Morgan fingerprint density at radius 1 is 1.38 bits per heavy atom. The molecule has 1 heterocycles. The van der Waals surface area contributed by atoms with Crippen molar-refractivity contribution in [3.63, 3.8) is 0 Å². The fourth-order valence-corrected chi connectivity index (χ4v) is 2.83. The quantitative estimate of drug-likeness (QED) is 0.779. The molecule has 0 bridgehead atoms. The zero-order chi connectivity index (χ0) is 15.6. The van der Waals surface area contributed by atoms with Crippen molar-refractivity contribution in [3.05, 3.63) is 51.2 Å². The zero-order valence-electron chi connectivity index (χ0n) is 12.3. The van der Waals surface area contributed by atoms with Gasteiger partial charge in [-0.15, -0.1) is 0 Å². The van der Waals surface area contributed by atoms with E-state index in [4.69, 9.17) is 11.6 Å². The topological polar surface area (TPSA) is 34.0 Å². The average molecular weight is 370 g/mol. The first-order chi connectivity index (χ1) is 9.92. The van der Waals surface area contributed by atoms with Crippen LogP contribution in [0.5, 0.6) is 0 Å². The van der Waals surface area contributed by atoms with Crippen LogP contribution in [0, 0.1) is 0 Å². The Hall–Kier alpha value is -1.26. The lowest BCUT2D eigenvalue weighted by Crippen LogP contribution is -2.18. The predicted molar refractivity (Wildman–Crippen MR) is 91.3 cm³/mol. The maximum absolute atomic E-state index is 12.5. The molecule has 0 atom stereocenters. The molecule has 0 saturated heterocycles. The van der Waals surface area contributed by atoms with Crippen molar-refractivity contribution in [1.82, 2.24) is 4.57 Å². The number of halogens is 2. The SMILES string of the molecule is CCc1cc(Br)ccc1NC(=O)c1cc(Cl)cn1C(C)C. The summed E-state index contributed by atoms with van der Waals surface area (Å²) in [6.45, 7) is 6.10. The highest BCUT2D eigenvalue weighted by molar-refractivity contribution is 9.10. The van der Waals surface area contributed by atoms with Crippen LogP contribution in [-0.2, 0) is 6.42 Å². The second-order valence-corrected chi connectivity index (χ2v) is 6.51. The van der Waals surface area contributed by atoms with Crippen LogP contribution in [0.3, 0.4) is 0 Å². The molecule has 2 aromatic rings. The number of anilines is 1. The molecular formula is C16H18BrClN2O. The van der Waals surface area contributed by atoms with Crippen LogP contribution in [0.15, 0.2) is 34.9 Å². The highest BCUT2D eigenvalue weighted by atomic mass is 79.9. The summed E-state index contributed by atoms with van der Waals surface area (Å²) < 4.78 is 2.88. The average Bonchev–Trinajstić information content (AvgIpc) is 2.83. The monoisotopic (exact) mass is 368 g/mol. The number of carbonyl (C=O) groups excluding carboxylic acids is 1. The molecule has 112 valence electrons. The fourth-order valence-electron chi connectivity index (χ4n) is 2.22. The molecular weight excluding hydrogens is 352 g/mol. The molecule has 3 nitrogen and oxygen atoms in total. The maximum Gasteiger partial charge on any atom is 0.272 e. The molecule has 21 heavy (non-hydrogen) atoms. The Morgan fingerprint density at radius 2 is 2.10 bits per heavy atom. The van der Waals surface area contributed by atoms with Crippen molar-refractivity contribution in [2.75, 3.05) is 5.32 Å². The summed E-state index contributed by atoms with van der Waals surface area (Å²) >= 11 is 9.48. The minimum atomic E-state index is -0.146. The van der Waals surface area contributed by atoms with Crippen molar-refractivity contribution in [3.8, 4) is 0 Å². The minimum absolute atomic E-state index is 0.146. The molecule has 1 N–H and O–H groups in total. The smallest absolute Gasteiger partial charge is 0.272 e. The van der Waals surface area contributed by atoms with E-state index in [0.29, 0.717) is 10.7 Å². The maximum atomic E-state index is 12.5.